The molecule has 6 nitrogen and oxygen atoms in total. The average molecular weight is 394 g/mol. The van der Waals surface area contributed by atoms with Crippen LogP contribution in [0, 0.1) is 40.8 Å². The Bertz CT molecular complexity index is 852. The van der Waals surface area contributed by atoms with Crippen LogP contribution in [0.2, 0.25) is 0 Å². The van der Waals surface area contributed by atoms with Crippen molar-refractivity contribution in [1.29, 1.82) is 10.5 Å². The summed E-state index contributed by atoms with van der Waals surface area (Å²) in [5.41, 5.74) is 0.260. The van der Waals surface area contributed by atoms with Gasteiger partial charge in [0.25, 0.3) is 0 Å². The van der Waals surface area contributed by atoms with Crippen LogP contribution in [0.15, 0.2) is 18.2 Å². The molecule has 0 aromatic heterocycles. The highest BCUT2D eigenvalue weighted by Gasteiger charge is 2.36. The molecule has 1 aliphatic carbocycles. The highest BCUT2D eigenvalue weighted by molar-refractivity contribution is 5.80. The molecule has 0 radical (unpaired) electrons. The minimum Gasteiger partial charge on any atom is -0.487 e. The third kappa shape index (κ3) is 4.86. The minimum absolute atomic E-state index is 0.0986. The Kier molecular flexibility index (Phi) is 6.70. The molecule has 1 aliphatic heterocycles. The number of hydrogen-bond donors (Lipinski definition) is 1. The third-order valence-electron chi connectivity index (χ3n) is 5.59. The molecule has 0 spiro atoms. The summed E-state index contributed by atoms with van der Waals surface area (Å²) < 4.78 is 19.7. The zero-order valence-electron chi connectivity index (χ0n) is 16.1. The fraction of sp³-hybridized carbons (Fsp3) is 0.500. The van der Waals surface area contributed by atoms with Crippen LogP contribution < -0.4 is 10.1 Å². The number of carbonyl (C=O) groups excluding carboxylic acids is 1. The van der Waals surface area contributed by atoms with Crippen LogP contribution in [0.5, 0.6) is 5.75 Å². The number of ether oxygens (including phenoxy) is 1. The maximum absolute atomic E-state index is 14.0. The van der Waals surface area contributed by atoms with Gasteiger partial charge in [0.15, 0.2) is 11.6 Å². The molecule has 29 heavy (non-hydrogen) atoms. The van der Waals surface area contributed by atoms with Crippen LogP contribution in [0.1, 0.15) is 44.1 Å². The number of hydrogen-bond acceptors (Lipinski definition) is 5. The molecule has 1 heterocycles. The zero-order valence-corrected chi connectivity index (χ0v) is 16.1. The molecule has 7 heteroatoms. The largest absolute Gasteiger partial charge is 0.487 e. The number of nitrogens with zero attached hydrogens (tertiary/aromatic N) is 3. The number of benzene rings is 1. The van der Waals surface area contributed by atoms with Crippen molar-refractivity contribution >= 4 is 5.91 Å². The fourth-order valence-corrected chi connectivity index (χ4v) is 4.00. The molecule has 2 atom stereocenters. The standard InChI is InChI=1S/C22H23FN4O2/c1-2-17-6-7-18(13-25)27(17)22(28)14-26-16-4-8-19(9-5-16)29-21-10-3-15(12-24)11-20(21)23/h1,3,10-11,16-19,26H,4-9,14H2/t16-,17-,18-,19-/m0/s1. The van der Waals surface area contributed by atoms with Crippen LogP contribution in [-0.2, 0) is 4.79 Å². The molecule has 3 rings (SSSR count). The quantitative estimate of drug-likeness (QED) is 0.775. The smallest absolute Gasteiger partial charge is 0.238 e. The highest BCUT2D eigenvalue weighted by atomic mass is 19.1. The highest BCUT2D eigenvalue weighted by Crippen LogP contribution is 2.27. The summed E-state index contributed by atoms with van der Waals surface area (Å²) >= 11 is 0. The Hall–Kier alpha value is -3.08. The van der Waals surface area contributed by atoms with Crippen molar-refractivity contribution in [3.05, 3.63) is 29.6 Å². The summed E-state index contributed by atoms with van der Waals surface area (Å²) in [6.07, 6.45) is 9.75. The second-order valence-corrected chi connectivity index (χ2v) is 7.44. The molecule has 1 amide bonds. The topological polar surface area (TPSA) is 89.2 Å². The van der Waals surface area contributed by atoms with Crippen molar-refractivity contribution in [2.75, 3.05) is 6.54 Å². The lowest BCUT2D eigenvalue weighted by atomic mass is 9.93. The molecule has 2 fully saturated rings. The van der Waals surface area contributed by atoms with E-state index >= 15 is 0 Å². The maximum atomic E-state index is 14.0. The summed E-state index contributed by atoms with van der Waals surface area (Å²) in [6, 6.07) is 7.66. The van der Waals surface area contributed by atoms with Gasteiger partial charge in [-0.25, -0.2) is 4.39 Å². The monoisotopic (exact) mass is 394 g/mol. The van der Waals surface area contributed by atoms with Crippen molar-refractivity contribution in [2.45, 2.75) is 62.8 Å². The van der Waals surface area contributed by atoms with Gasteiger partial charge in [-0.1, -0.05) is 5.92 Å². The SMILES string of the molecule is C#C[C@H]1CC[C@@H](C#N)N1C(=O)CN[C@H]1CC[C@H](Oc2ccc(C#N)cc2F)CC1. The van der Waals surface area contributed by atoms with Crippen molar-refractivity contribution in [2.24, 2.45) is 0 Å². The van der Waals surface area contributed by atoms with E-state index in [4.69, 9.17) is 16.4 Å². The summed E-state index contributed by atoms with van der Waals surface area (Å²) in [7, 11) is 0. The second-order valence-electron chi connectivity index (χ2n) is 7.44. The summed E-state index contributed by atoms with van der Waals surface area (Å²) in [6.45, 7) is 0.150. The van der Waals surface area contributed by atoms with Crippen LogP contribution in [0.4, 0.5) is 4.39 Å². The normalized spacial score (nSPS) is 26.2. The van der Waals surface area contributed by atoms with Crippen LogP contribution in [0.25, 0.3) is 0 Å². The van der Waals surface area contributed by atoms with Crippen molar-refractivity contribution in [3.63, 3.8) is 0 Å². The molecular formula is C22H23FN4O2. The van der Waals surface area contributed by atoms with E-state index in [0.29, 0.717) is 12.8 Å². The van der Waals surface area contributed by atoms with Gasteiger partial charge in [0.2, 0.25) is 5.91 Å². The predicted octanol–water partition coefficient (Wildman–Crippen LogP) is 2.49. The molecular weight excluding hydrogens is 371 g/mol. The fourth-order valence-electron chi connectivity index (χ4n) is 4.00. The van der Waals surface area contributed by atoms with E-state index in [1.54, 1.807) is 0 Å². The van der Waals surface area contributed by atoms with E-state index in [9.17, 15) is 14.4 Å². The van der Waals surface area contributed by atoms with E-state index in [1.165, 1.54) is 23.1 Å². The number of nitriles is 2. The average Bonchev–Trinajstić information content (AvgIpc) is 3.17. The van der Waals surface area contributed by atoms with Gasteiger partial charge in [0.05, 0.1) is 36.4 Å². The van der Waals surface area contributed by atoms with Gasteiger partial charge in [-0.2, -0.15) is 10.5 Å². The first-order chi connectivity index (χ1) is 14.0. The van der Waals surface area contributed by atoms with E-state index in [1.807, 2.05) is 6.07 Å². The molecule has 1 aromatic rings. The zero-order chi connectivity index (χ0) is 20.8. The number of rotatable bonds is 5. The Labute approximate surface area is 170 Å². The number of terminal acetylenes is 1. The maximum Gasteiger partial charge on any atom is 0.238 e. The lowest BCUT2D eigenvalue weighted by molar-refractivity contribution is -0.131. The van der Waals surface area contributed by atoms with Crippen molar-refractivity contribution in [3.8, 4) is 30.2 Å². The molecule has 0 bridgehead atoms. The lowest BCUT2D eigenvalue weighted by Crippen LogP contribution is -2.47. The molecule has 1 aromatic carbocycles. The third-order valence-corrected chi connectivity index (χ3v) is 5.59. The Morgan fingerprint density at radius 1 is 1.21 bits per heavy atom. The van der Waals surface area contributed by atoms with Gasteiger partial charge < -0.3 is 15.0 Å². The molecule has 1 saturated carbocycles. The molecule has 0 unspecified atom stereocenters. The van der Waals surface area contributed by atoms with Gasteiger partial charge in [-0.3, -0.25) is 4.79 Å². The lowest BCUT2D eigenvalue weighted by Gasteiger charge is -2.30. The molecule has 1 saturated heterocycles. The van der Waals surface area contributed by atoms with Crippen LogP contribution in [-0.4, -0.2) is 41.6 Å². The Morgan fingerprint density at radius 3 is 2.55 bits per heavy atom. The molecule has 1 N–H and O–H groups in total. The van der Waals surface area contributed by atoms with Crippen molar-refractivity contribution < 1.29 is 13.9 Å². The van der Waals surface area contributed by atoms with Gasteiger partial charge in [-0.15, -0.1) is 6.42 Å². The summed E-state index contributed by atoms with van der Waals surface area (Å²) in [5, 5.41) is 21.3. The Morgan fingerprint density at radius 2 is 1.93 bits per heavy atom. The first kappa shape index (κ1) is 20.6. The number of amides is 1. The van der Waals surface area contributed by atoms with E-state index in [-0.39, 0.29) is 42.0 Å². The van der Waals surface area contributed by atoms with Crippen molar-refractivity contribution in [1.82, 2.24) is 10.2 Å². The first-order valence-electron chi connectivity index (χ1n) is 9.82. The van der Waals surface area contributed by atoms with Crippen LogP contribution in [0.3, 0.4) is 0 Å². The second kappa shape index (κ2) is 9.41. The Balaban J connectivity index is 1.45. The van der Waals surface area contributed by atoms with E-state index in [0.717, 1.165) is 25.7 Å². The minimum atomic E-state index is -0.532. The van der Waals surface area contributed by atoms with Gasteiger partial charge >= 0.3 is 0 Å². The van der Waals surface area contributed by atoms with E-state index < -0.39 is 11.9 Å². The van der Waals surface area contributed by atoms with Crippen LogP contribution >= 0.6 is 0 Å². The van der Waals surface area contributed by atoms with Gasteiger partial charge in [0.1, 0.15) is 6.04 Å². The van der Waals surface area contributed by atoms with E-state index in [2.05, 4.69) is 17.3 Å². The number of carbonyl (C=O) groups is 1. The number of halogens is 1. The summed E-state index contributed by atoms with van der Waals surface area (Å²) in [4.78, 5) is 14.1. The summed E-state index contributed by atoms with van der Waals surface area (Å²) in [5.74, 6) is 2.08. The van der Waals surface area contributed by atoms with Gasteiger partial charge in [-0.05, 0) is 56.7 Å². The number of likely N-dealkylation sites (tertiary alicyclic amines) is 1. The first-order valence-corrected chi connectivity index (χ1v) is 9.82. The molecule has 2 aliphatic rings. The number of nitrogens with one attached hydrogen (secondary N) is 1. The van der Waals surface area contributed by atoms with Gasteiger partial charge in [0, 0.05) is 6.04 Å². The molecule has 150 valence electrons. The predicted molar refractivity (Wildman–Crippen MR) is 104 cm³/mol.